The van der Waals surface area contributed by atoms with Gasteiger partial charge in [0.2, 0.25) is 5.88 Å². The summed E-state index contributed by atoms with van der Waals surface area (Å²) in [6.45, 7) is 2.90. The number of pyridine rings is 2. The minimum absolute atomic E-state index is 0.329. The number of aromatic nitrogens is 2. The van der Waals surface area contributed by atoms with Gasteiger partial charge in [0.05, 0.1) is 17.6 Å². The number of hydrogen-bond acceptors (Lipinski definition) is 4. The Morgan fingerprint density at radius 1 is 1.22 bits per heavy atom. The quantitative estimate of drug-likeness (QED) is 0.911. The zero-order valence-corrected chi connectivity index (χ0v) is 13.6. The second kappa shape index (κ2) is 7.55. The molecule has 0 bridgehead atoms. The molecule has 122 valence electrons. The van der Waals surface area contributed by atoms with Crippen molar-refractivity contribution in [3.63, 3.8) is 0 Å². The molecule has 0 aromatic carbocycles. The fraction of sp³-hybridized carbons (Fsp3) is 0.474. The van der Waals surface area contributed by atoms with E-state index >= 15 is 0 Å². The van der Waals surface area contributed by atoms with Crippen LogP contribution in [0.25, 0.3) is 17.1 Å². The molecule has 0 spiro atoms. The number of hydrogen-bond donors (Lipinski definition) is 1. The molecule has 1 N–H and O–H groups in total. The Morgan fingerprint density at radius 3 is 2.78 bits per heavy atom. The van der Waals surface area contributed by atoms with E-state index in [2.05, 4.69) is 22.1 Å². The van der Waals surface area contributed by atoms with Crippen LogP contribution in [0, 0.1) is 11.8 Å². The SMILES string of the molecule is CCOc1ccc2nccc(/C=C/C3CCC(CO)CC3)c2n1. The van der Waals surface area contributed by atoms with Gasteiger partial charge in [0.25, 0.3) is 0 Å². The Labute approximate surface area is 137 Å². The number of aliphatic hydroxyl groups is 1. The summed E-state index contributed by atoms with van der Waals surface area (Å²) in [7, 11) is 0. The van der Waals surface area contributed by atoms with E-state index in [0.29, 0.717) is 30.9 Å². The zero-order valence-electron chi connectivity index (χ0n) is 13.6. The largest absolute Gasteiger partial charge is 0.478 e. The van der Waals surface area contributed by atoms with Crippen LogP contribution < -0.4 is 4.74 Å². The first-order valence-corrected chi connectivity index (χ1v) is 8.47. The van der Waals surface area contributed by atoms with Crippen LogP contribution in [0.5, 0.6) is 5.88 Å². The van der Waals surface area contributed by atoms with Crippen LogP contribution in [-0.2, 0) is 0 Å². The lowest BCUT2D eigenvalue weighted by Gasteiger charge is -2.25. The molecular weight excluding hydrogens is 288 g/mol. The first kappa shape index (κ1) is 15.9. The van der Waals surface area contributed by atoms with Gasteiger partial charge in [-0.1, -0.05) is 12.2 Å². The smallest absolute Gasteiger partial charge is 0.213 e. The van der Waals surface area contributed by atoms with Crippen molar-refractivity contribution in [3.05, 3.63) is 36.0 Å². The Kier molecular flexibility index (Phi) is 5.23. The number of allylic oxidation sites excluding steroid dienone is 1. The van der Waals surface area contributed by atoms with Crippen molar-refractivity contribution in [2.24, 2.45) is 11.8 Å². The predicted molar refractivity (Wildman–Crippen MR) is 92.3 cm³/mol. The van der Waals surface area contributed by atoms with Gasteiger partial charge in [-0.15, -0.1) is 0 Å². The molecule has 23 heavy (non-hydrogen) atoms. The fourth-order valence-electron chi connectivity index (χ4n) is 3.19. The molecule has 0 atom stereocenters. The van der Waals surface area contributed by atoms with Crippen LogP contribution in [-0.4, -0.2) is 28.3 Å². The average molecular weight is 312 g/mol. The normalized spacial score (nSPS) is 21.8. The minimum atomic E-state index is 0.329. The van der Waals surface area contributed by atoms with E-state index in [1.807, 2.05) is 31.3 Å². The molecule has 1 aliphatic carbocycles. The Bertz CT molecular complexity index is 676. The third-order valence-corrected chi connectivity index (χ3v) is 4.58. The average Bonchev–Trinajstić information content (AvgIpc) is 2.60. The highest BCUT2D eigenvalue weighted by Gasteiger charge is 2.18. The summed E-state index contributed by atoms with van der Waals surface area (Å²) in [5, 5.41) is 9.23. The Balaban J connectivity index is 1.79. The van der Waals surface area contributed by atoms with Crippen molar-refractivity contribution in [1.29, 1.82) is 0 Å². The highest BCUT2D eigenvalue weighted by molar-refractivity contribution is 5.84. The van der Waals surface area contributed by atoms with Gasteiger partial charge in [-0.2, -0.15) is 0 Å². The molecule has 0 saturated heterocycles. The molecule has 1 fully saturated rings. The summed E-state index contributed by atoms with van der Waals surface area (Å²) in [6, 6.07) is 5.82. The Hall–Kier alpha value is -1.94. The maximum atomic E-state index is 9.23. The van der Waals surface area contributed by atoms with Gasteiger partial charge in [0.1, 0.15) is 0 Å². The van der Waals surface area contributed by atoms with Crippen LogP contribution in [0.15, 0.2) is 30.5 Å². The number of ether oxygens (including phenoxy) is 1. The van der Waals surface area contributed by atoms with Gasteiger partial charge in [0, 0.05) is 24.4 Å². The lowest BCUT2D eigenvalue weighted by atomic mass is 9.82. The zero-order chi connectivity index (χ0) is 16.1. The molecule has 4 heteroatoms. The van der Waals surface area contributed by atoms with E-state index in [4.69, 9.17) is 4.74 Å². The minimum Gasteiger partial charge on any atom is -0.478 e. The van der Waals surface area contributed by atoms with Crippen LogP contribution in [0.1, 0.15) is 38.2 Å². The molecule has 2 aromatic rings. The standard InChI is InChI=1S/C19H24N2O2/c1-2-23-18-10-9-17-19(21-18)16(11-12-20-17)8-7-14-3-5-15(13-22)6-4-14/h7-12,14-15,22H,2-6,13H2,1H3/b8-7+. The first-order chi connectivity index (χ1) is 11.3. The Morgan fingerprint density at radius 2 is 2.04 bits per heavy atom. The van der Waals surface area contributed by atoms with E-state index in [9.17, 15) is 5.11 Å². The van der Waals surface area contributed by atoms with Crippen molar-refractivity contribution in [1.82, 2.24) is 9.97 Å². The van der Waals surface area contributed by atoms with Gasteiger partial charge in [0.15, 0.2) is 0 Å². The van der Waals surface area contributed by atoms with Crippen molar-refractivity contribution in [3.8, 4) is 5.88 Å². The molecule has 1 saturated carbocycles. The summed E-state index contributed by atoms with van der Waals surface area (Å²) in [5.74, 6) is 1.74. The molecule has 0 radical (unpaired) electrons. The molecule has 0 aliphatic heterocycles. The molecule has 3 rings (SSSR count). The van der Waals surface area contributed by atoms with E-state index in [1.54, 1.807) is 0 Å². The summed E-state index contributed by atoms with van der Waals surface area (Å²) in [6.07, 6.45) is 10.8. The number of aliphatic hydroxyl groups excluding tert-OH is 1. The number of nitrogens with zero attached hydrogens (tertiary/aromatic N) is 2. The van der Waals surface area contributed by atoms with E-state index in [0.717, 1.165) is 42.3 Å². The van der Waals surface area contributed by atoms with Crippen molar-refractivity contribution >= 4 is 17.1 Å². The maximum absolute atomic E-state index is 9.23. The molecule has 0 amide bonds. The van der Waals surface area contributed by atoms with Crippen LogP contribution in [0.4, 0.5) is 0 Å². The lowest BCUT2D eigenvalue weighted by Crippen LogP contribution is -2.15. The van der Waals surface area contributed by atoms with E-state index < -0.39 is 0 Å². The summed E-state index contributed by atoms with van der Waals surface area (Å²) < 4.78 is 5.50. The van der Waals surface area contributed by atoms with Gasteiger partial charge in [-0.25, -0.2) is 4.98 Å². The molecule has 2 aromatic heterocycles. The van der Waals surface area contributed by atoms with Crippen LogP contribution in [0.2, 0.25) is 0 Å². The van der Waals surface area contributed by atoms with E-state index in [-0.39, 0.29) is 0 Å². The predicted octanol–water partition coefficient (Wildman–Crippen LogP) is 3.84. The first-order valence-electron chi connectivity index (χ1n) is 8.47. The fourth-order valence-corrected chi connectivity index (χ4v) is 3.19. The maximum Gasteiger partial charge on any atom is 0.213 e. The second-order valence-corrected chi connectivity index (χ2v) is 6.17. The van der Waals surface area contributed by atoms with Gasteiger partial charge in [-0.05, 0) is 56.6 Å². The summed E-state index contributed by atoms with van der Waals surface area (Å²) >= 11 is 0. The summed E-state index contributed by atoms with van der Waals surface area (Å²) in [4.78, 5) is 8.96. The summed E-state index contributed by atoms with van der Waals surface area (Å²) in [5.41, 5.74) is 2.86. The topological polar surface area (TPSA) is 55.2 Å². The third kappa shape index (κ3) is 3.88. The number of rotatable bonds is 5. The highest BCUT2D eigenvalue weighted by atomic mass is 16.5. The molecule has 0 unspecified atom stereocenters. The van der Waals surface area contributed by atoms with Gasteiger partial charge in [-0.3, -0.25) is 4.98 Å². The van der Waals surface area contributed by atoms with Crippen molar-refractivity contribution in [2.45, 2.75) is 32.6 Å². The second-order valence-electron chi connectivity index (χ2n) is 6.17. The van der Waals surface area contributed by atoms with Crippen molar-refractivity contribution < 1.29 is 9.84 Å². The van der Waals surface area contributed by atoms with E-state index in [1.165, 1.54) is 0 Å². The van der Waals surface area contributed by atoms with Crippen molar-refractivity contribution in [2.75, 3.05) is 13.2 Å². The molecular formula is C19H24N2O2. The molecule has 2 heterocycles. The highest BCUT2D eigenvalue weighted by Crippen LogP contribution is 2.30. The van der Waals surface area contributed by atoms with Gasteiger partial charge >= 0.3 is 0 Å². The number of fused-ring (bicyclic) bond motifs is 1. The third-order valence-electron chi connectivity index (χ3n) is 4.58. The molecule has 4 nitrogen and oxygen atoms in total. The lowest BCUT2D eigenvalue weighted by molar-refractivity contribution is 0.178. The van der Waals surface area contributed by atoms with Crippen LogP contribution in [0.3, 0.4) is 0 Å². The molecule has 1 aliphatic rings. The van der Waals surface area contributed by atoms with Crippen LogP contribution >= 0.6 is 0 Å². The van der Waals surface area contributed by atoms with Gasteiger partial charge < -0.3 is 9.84 Å². The monoisotopic (exact) mass is 312 g/mol.